The fraction of sp³-hybridized carbons (Fsp3) is 0.192. The van der Waals surface area contributed by atoms with Crippen LogP contribution in [0, 0.1) is 5.82 Å². The van der Waals surface area contributed by atoms with Crippen molar-refractivity contribution in [1.82, 2.24) is 5.43 Å². The van der Waals surface area contributed by atoms with E-state index in [4.69, 9.17) is 0 Å². The molecule has 4 rings (SSSR count). The van der Waals surface area contributed by atoms with Crippen LogP contribution in [0.2, 0.25) is 0 Å². The largest absolute Gasteiger partial charge is 0.321 e. The lowest BCUT2D eigenvalue weighted by molar-refractivity contribution is 0.0955. The molecule has 162 valence electrons. The summed E-state index contributed by atoms with van der Waals surface area (Å²) in [4.78, 5) is 25.2. The monoisotopic (exact) mass is 429 g/mol. The van der Waals surface area contributed by atoms with Gasteiger partial charge in [-0.2, -0.15) is 5.10 Å². The lowest BCUT2D eigenvalue weighted by Crippen LogP contribution is -2.24. The van der Waals surface area contributed by atoms with Crippen molar-refractivity contribution in [1.29, 1.82) is 0 Å². The number of nitrogens with one attached hydrogen (secondary N) is 2. The standard InChI is InChI=1S/C26H24FN3O2/c27-23-12-6-4-10-21(23)25(31)28-24-13-7-5-11-22(24)26(32)30-29-20-16-14-19(15-17-20)18-8-2-1-3-9-18/h1-13,19H,14-17H2,(H,28,31)(H,30,32). The molecule has 0 unspecified atom stereocenters. The number of halogens is 1. The molecule has 0 saturated heterocycles. The molecule has 0 spiro atoms. The highest BCUT2D eigenvalue weighted by atomic mass is 19.1. The van der Waals surface area contributed by atoms with Gasteiger partial charge in [0.15, 0.2) is 0 Å². The molecule has 1 aliphatic rings. The predicted octanol–water partition coefficient (Wildman–Crippen LogP) is 5.52. The Morgan fingerprint density at radius 1 is 0.781 bits per heavy atom. The van der Waals surface area contributed by atoms with Gasteiger partial charge >= 0.3 is 0 Å². The van der Waals surface area contributed by atoms with E-state index in [9.17, 15) is 14.0 Å². The minimum Gasteiger partial charge on any atom is -0.321 e. The molecule has 0 aliphatic heterocycles. The topological polar surface area (TPSA) is 70.6 Å². The Morgan fingerprint density at radius 2 is 1.41 bits per heavy atom. The summed E-state index contributed by atoms with van der Waals surface area (Å²) in [6.07, 6.45) is 3.64. The summed E-state index contributed by atoms with van der Waals surface area (Å²) in [5.74, 6) is -1.15. The van der Waals surface area contributed by atoms with Gasteiger partial charge in [-0.3, -0.25) is 9.59 Å². The van der Waals surface area contributed by atoms with E-state index in [0.717, 1.165) is 31.4 Å². The Kier molecular flexibility index (Phi) is 6.70. The van der Waals surface area contributed by atoms with E-state index in [0.29, 0.717) is 11.6 Å². The van der Waals surface area contributed by atoms with Crippen LogP contribution in [0.3, 0.4) is 0 Å². The number of carbonyl (C=O) groups excluding carboxylic acids is 2. The van der Waals surface area contributed by atoms with Crippen molar-refractivity contribution in [3.8, 4) is 0 Å². The molecule has 2 N–H and O–H groups in total. The second-order valence-electron chi connectivity index (χ2n) is 7.78. The van der Waals surface area contributed by atoms with Crippen molar-refractivity contribution in [2.75, 3.05) is 5.32 Å². The molecule has 0 radical (unpaired) electrons. The number of carbonyl (C=O) groups is 2. The molecule has 5 nitrogen and oxygen atoms in total. The van der Waals surface area contributed by atoms with Crippen molar-refractivity contribution in [2.45, 2.75) is 31.6 Å². The van der Waals surface area contributed by atoms with Crippen LogP contribution in [0.15, 0.2) is 84.0 Å². The summed E-state index contributed by atoms with van der Waals surface area (Å²) in [5, 5.41) is 6.95. The smallest absolute Gasteiger partial charge is 0.273 e. The summed E-state index contributed by atoms with van der Waals surface area (Å²) in [6.45, 7) is 0. The van der Waals surface area contributed by atoms with Gasteiger partial charge < -0.3 is 5.32 Å². The molecule has 1 aliphatic carbocycles. The van der Waals surface area contributed by atoms with E-state index >= 15 is 0 Å². The Balaban J connectivity index is 1.39. The maximum absolute atomic E-state index is 13.9. The van der Waals surface area contributed by atoms with Crippen LogP contribution >= 0.6 is 0 Å². The van der Waals surface area contributed by atoms with Crippen LogP contribution in [0.4, 0.5) is 10.1 Å². The summed E-state index contributed by atoms with van der Waals surface area (Å²) < 4.78 is 13.9. The molecule has 1 saturated carbocycles. The number of anilines is 1. The van der Waals surface area contributed by atoms with Gasteiger partial charge in [-0.1, -0.05) is 54.6 Å². The Labute approximate surface area is 186 Å². The zero-order chi connectivity index (χ0) is 22.3. The number of hydrogen-bond acceptors (Lipinski definition) is 3. The van der Waals surface area contributed by atoms with Gasteiger partial charge in [0, 0.05) is 5.71 Å². The second-order valence-corrected chi connectivity index (χ2v) is 7.78. The third kappa shape index (κ3) is 5.09. The predicted molar refractivity (Wildman–Crippen MR) is 123 cm³/mol. The van der Waals surface area contributed by atoms with E-state index in [1.165, 1.54) is 23.8 Å². The van der Waals surface area contributed by atoms with Crippen molar-refractivity contribution in [3.05, 3.63) is 101 Å². The number of amides is 2. The zero-order valence-corrected chi connectivity index (χ0v) is 17.6. The summed E-state index contributed by atoms with van der Waals surface area (Å²) in [5.41, 5.74) is 5.39. The highest BCUT2D eigenvalue weighted by molar-refractivity contribution is 6.09. The first-order chi connectivity index (χ1) is 15.6. The summed E-state index contributed by atoms with van der Waals surface area (Å²) in [7, 11) is 0. The Hall–Kier alpha value is -3.80. The van der Waals surface area contributed by atoms with Crippen LogP contribution in [0.1, 0.15) is 57.9 Å². The maximum atomic E-state index is 13.9. The maximum Gasteiger partial charge on any atom is 0.273 e. The number of rotatable bonds is 5. The van der Waals surface area contributed by atoms with Crippen LogP contribution in [-0.4, -0.2) is 17.5 Å². The average molecular weight is 429 g/mol. The second kappa shape index (κ2) is 10.0. The van der Waals surface area contributed by atoms with Gasteiger partial charge in [-0.25, -0.2) is 9.82 Å². The normalized spacial score (nSPS) is 15.7. The molecule has 2 amide bonds. The minimum atomic E-state index is -0.621. The third-order valence-corrected chi connectivity index (χ3v) is 5.69. The molecule has 6 heteroatoms. The summed E-state index contributed by atoms with van der Waals surface area (Å²) >= 11 is 0. The van der Waals surface area contributed by atoms with E-state index < -0.39 is 17.6 Å². The Morgan fingerprint density at radius 3 is 2.12 bits per heavy atom. The van der Waals surface area contributed by atoms with E-state index in [1.54, 1.807) is 30.3 Å². The molecule has 0 heterocycles. The number of nitrogens with zero attached hydrogens (tertiary/aromatic N) is 1. The molecule has 0 aromatic heterocycles. The third-order valence-electron chi connectivity index (χ3n) is 5.69. The molecule has 32 heavy (non-hydrogen) atoms. The number of benzene rings is 3. The van der Waals surface area contributed by atoms with Crippen LogP contribution in [-0.2, 0) is 0 Å². The molecule has 3 aromatic carbocycles. The van der Waals surface area contributed by atoms with Crippen molar-refractivity contribution < 1.29 is 14.0 Å². The van der Waals surface area contributed by atoms with E-state index in [-0.39, 0.29) is 11.1 Å². The highest BCUT2D eigenvalue weighted by Crippen LogP contribution is 2.31. The lowest BCUT2D eigenvalue weighted by atomic mass is 9.83. The zero-order valence-electron chi connectivity index (χ0n) is 17.6. The van der Waals surface area contributed by atoms with Gasteiger partial charge in [0.05, 0.1) is 16.8 Å². The van der Waals surface area contributed by atoms with Gasteiger partial charge in [0.1, 0.15) is 5.82 Å². The molecule has 3 aromatic rings. The number of para-hydroxylation sites is 1. The fourth-order valence-corrected chi connectivity index (χ4v) is 3.94. The van der Waals surface area contributed by atoms with Gasteiger partial charge in [-0.05, 0) is 61.4 Å². The number of hydrazone groups is 1. The first kappa shape index (κ1) is 21.4. The molecule has 1 fully saturated rings. The molecule has 0 atom stereocenters. The number of hydrogen-bond donors (Lipinski definition) is 2. The van der Waals surface area contributed by atoms with Crippen LogP contribution in [0.5, 0.6) is 0 Å². The fourth-order valence-electron chi connectivity index (χ4n) is 3.94. The summed E-state index contributed by atoms with van der Waals surface area (Å²) in [6, 6.07) is 22.7. The highest BCUT2D eigenvalue weighted by Gasteiger charge is 2.20. The van der Waals surface area contributed by atoms with Gasteiger partial charge in [0.25, 0.3) is 11.8 Å². The van der Waals surface area contributed by atoms with Gasteiger partial charge in [0.2, 0.25) is 0 Å². The SMILES string of the molecule is O=C(Nc1ccccc1C(=O)NN=C1CCC(c2ccccc2)CC1)c1ccccc1F. The van der Waals surface area contributed by atoms with Crippen molar-refractivity contribution in [3.63, 3.8) is 0 Å². The van der Waals surface area contributed by atoms with Crippen molar-refractivity contribution >= 4 is 23.2 Å². The molecular weight excluding hydrogens is 405 g/mol. The van der Waals surface area contributed by atoms with Gasteiger partial charge in [-0.15, -0.1) is 0 Å². The first-order valence-corrected chi connectivity index (χ1v) is 10.7. The molecular formula is C26H24FN3O2. The minimum absolute atomic E-state index is 0.0851. The quantitative estimate of drug-likeness (QED) is 0.524. The average Bonchev–Trinajstić information content (AvgIpc) is 2.84. The van der Waals surface area contributed by atoms with Crippen LogP contribution < -0.4 is 10.7 Å². The van der Waals surface area contributed by atoms with E-state index in [1.807, 2.05) is 6.07 Å². The van der Waals surface area contributed by atoms with E-state index in [2.05, 4.69) is 40.1 Å². The molecule has 0 bridgehead atoms. The first-order valence-electron chi connectivity index (χ1n) is 10.7. The lowest BCUT2D eigenvalue weighted by Gasteiger charge is -2.23. The van der Waals surface area contributed by atoms with Crippen molar-refractivity contribution in [2.24, 2.45) is 5.10 Å². The van der Waals surface area contributed by atoms with Crippen LogP contribution in [0.25, 0.3) is 0 Å². The Bertz CT molecular complexity index is 1130.